The van der Waals surface area contributed by atoms with E-state index in [0.717, 1.165) is 38.1 Å². The number of methoxy groups -OCH3 is 1. The number of carbonyl (C=O) groups is 2. The number of Topliss-reactive ketones (excluding diaryl/α,β-unsaturated/α-hetero) is 2. The topological polar surface area (TPSA) is 56.5 Å². The number of unbranched alkanes of at least 4 members (excludes halogenated alkanes) is 2. The molecule has 0 radical (unpaired) electrons. The maximum atomic E-state index is 11.8. The van der Waals surface area contributed by atoms with Gasteiger partial charge in [0.2, 0.25) is 0 Å². The van der Waals surface area contributed by atoms with Crippen LogP contribution in [0.2, 0.25) is 0 Å². The summed E-state index contributed by atoms with van der Waals surface area (Å²) < 4.78 is 10.3. The molecule has 0 amide bonds. The molecule has 1 rings (SSSR count). The average molecular weight is 280 g/mol. The summed E-state index contributed by atoms with van der Waals surface area (Å²) in [6.07, 6.45) is 4.72. The fraction of sp³-hybridized carbons (Fsp3) is 0.625. The smallest absolute Gasteiger partial charge is 0.198 e. The van der Waals surface area contributed by atoms with Crippen molar-refractivity contribution in [2.45, 2.75) is 51.9 Å². The lowest BCUT2D eigenvalue weighted by atomic mass is 10.1. The molecule has 4 heteroatoms. The standard InChI is InChI=1S/C16H24O4/c1-3-14-9-11-16(20-14)15(18)10-8-13(17)7-5-4-6-12-19-2/h9,11H,3-8,10,12H2,1-2H3. The van der Waals surface area contributed by atoms with Crippen molar-refractivity contribution < 1.29 is 18.7 Å². The number of ether oxygens (including phenoxy) is 1. The van der Waals surface area contributed by atoms with E-state index >= 15 is 0 Å². The number of hydrogen-bond donors (Lipinski definition) is 0. The van der Waals surface area contributed by atoms with Gasteiger partial charge in [0.15, 0.2) is 11.5 Å². The van der Waals surface area contributed by atoms with Crippen LogP contribution < -0.4 is 0 Å². The molecule has 4 nitrogen and oxygen atoms in total. The first-order valence-electron chi connectivity index (χ1n) is 7.30. The molecule has 0 fully saturated rings. The Morgan fingerprint density at radius 1 is 1.10 bits per heavy atom. The van der Waals surface area contributed by atoms with Crippen LogP contribution in [-0.2, 0) is 16.0 Å². The van der Waals surface area contributed by atoms with E-state index in [-0.39, 0.29) is 18.0 Å². The molecule has 0 saturated carbocycles. The molecule has 0 atom stereocenters. The van der Waals surface area contributed by atoms with E-state index in [1.165, 1.54) is 0 Å². The minimum atomic E-state index is -0.0857. The lowest BCUT2D eigenvalue weighted by molar-refractivity contribution is -0.119. The summed E-state index contributed by atoms with van der Waals surface area (Å²) in [4.78, 5) is 23.5. The van der Waals surface area contributed by atoms with Crippen LogP contribution in [0.5, 0.6) is 0 Å². The van der Waals surface area contributed by atoms with Gasteiger partial charge in [0.25, 0.3) is 0 Å². The molecule has 0 saturated heterocycles. The third kappa shape index (κ3) is 6.15. The van der Waals surface area contributed by atoms with Gasteiger partial charge in [-0.25, -0.2) is 0 Å². The van der Waals surface area contributed by atoms with Gasteiger partial charge in [-0.3, -0.25) is 9.59 Å². The number of carbonyl (C=O) groups excluding carboxylic acids is 2. The summed E-state index contributed by atoms with van der Waals surface area (Å²) in [6.45, 7) is 2.71. The SMILES string of the molecule is CCc1ccc(C(=O)CCC(=O)CCCCCOC)o1. The van der Waals surface area contributed by atoms with Crippen LogP contribution in [-0.4, -0.2) is 25.3 Å². The summed E-state index contributed by atoms with van der Waals surface area (Å²) >= 11 is 0. The van der Waals surface area contributed by atoms with Gasteiger partial charge in [-0.1, -0.05) is 13.3 Å². The molecule has 112 valence electrons. The zero-order chi connectivity index (χ0) is 14.8. The second-order valence-electron chi connectivity index (χ2n) is 4.88. The van der Waals surface area contributed by atoms with E-state index < -0.39 is 0 Å². The van der Waals surface area contributed by atoms with Gasteiger partial charge in [-0.2, -0.15) is 0 Å². The molecule has 0 spiro atoms. The number of furan rings is 1. The first-order chi connectivity index (χ1) is 9.67. The molecule has 1 aromatic heterocycles. The minimum absolute atomic E-state index is 0.0857. The van der Waals surface area contributed by atoms with Crippen LogP contribution in [0.1, 0.15) is 61.8 Å². The van der Waals surface area contributed by atoms with Crippen LogP contribution in [0, 0.1) is 0 Å². The maximum absolute atomic E-state index is 11.8. The van der Waals surface area contributed by atoms with Crippen LogP contribution in [0.4, 0.5) is 0 Å². The lowest BCUT2D eigenvalue weighted by Crippen LogP contribution is -2.04. The highest BCUT2D eigenvalue weighted by Gasteiger charge is 2.12. The second-order valence-corrected chi connectivity index (χ2v) is 4.88. The third-order valence-corrected chi connectivity index (χ3v) is 3.22. The molecule has 1 aromatic rings. The largest absolute Gasteiger partial charge is 0.458 e. The fourth-order valence-corrected chi connectivity index (χ4v) is 1.96. The summed E-state index contributed by atoms with van der Waals surface area (Å²) in [5, 5.41) is 0. The second kappa shape index (κ2) is 9.48. The Labute approximate surface area is 120 Å². The Balaban J connectivity index is 2.18. The molecular formula is C16H24O4. The molecule has 0 bridgehead atoms. The van der Waals surface area contributed by atoms with Crippen molar-refractivity contribution in [2.75, 3.05) is 13.7 Å². The zero-order valence-electron chi connectivity index (χ0n) is 12.4. The molecule has 0 N–H and O–H groups in total. The number of ketones is 2. The summed E-state index contributed by atoms with van der Waals surface area (Å²) in [7, 11) is 1.68. The summed E-state index contributed by atoms with van der Waals surface area (Å²) in [5.74, 6) is 1.24. The third-order valence-electron chi connectivity index (χ3n) is 3.22. The molecule has 0 aliphatic rings. The van der Waals surface area contributed by atoms with Gasteiger partial charge >= 0.3 is 0 Å². The van der Waals surface area contributed by atoms with E-state index in [1.54, 1.807) is 13.2 Å². The minimum Gasteiger partial charge on any atom is -0.458 e. The monoisotopic (exact) mass is 280 g/mol. The van der Waals surface area contributed by atoms with Crippen molar-refractivity contribution in [1.29, 1.82) is 0 Å². The highest BCUT2D eigenvalue weighted by Crippen LogP contribution is 2.12. The zero-order valence-corrected chi connectivity index (χ0v) is 12.4. The first-order valence-corrected chi connectivity index (χ1v) is 7.30. The van der Waals surface area contributed by atoms with E-state index in [1.807, 2.05) is 13.0 Å². The summed E-state index contributed by atoms with van der Waals surface area (Å²) in [5.41, 5.74) is 0. The fourth-order valence-electron chi connectivity index (χ4n) is 1.96. The molecule has 20 heavy (non-hydrogen) atoms. The maximum Gasteiger partial charge on any atom is 0.198 e. The van der Waals surface area contributed by atoms with E-state index in [9.17, 15) is 9.59 Å². The van der Waals surface area contributed by atoms with Crippen LogP contribution in [0.15, 0.2) is 16.5 Å². The van der Waals surface area contributed by atoms with Crippen molar-refractivity contribution in [3.05, 3.63) is 23.7 Å². The van der Waals surface area contributed by atoms with Crippen LogP contribution >= 0.6 is 0 Å². The molecule has 1 heterocycles. The number of aryl methyl sites for hydroxylation is 1. The predicted molar refractivity (Wildman–Crippen MR) is 77.0 cm³/mol. The molecule has 0 aliphatic heterocycles. The van der Waals surface area contributed by atoms with E-state index in [2.05, 4.69) is 0 Å². The van der Waals surface area contributed by atoms with E-state index in [0.29, 0.717) is 18.6 Å². The predicted octanol–water partition coefficient (Wildman–Crippen LogP) is 3.58. The molecule has 0 aromatic carbocycles. The molecule has 0 aliphatic carbocycles. The number of hydrogen-bond acceptors (Lipinski definition) is 4. The van der Waals surface area contributed by atoms with Gasteiger partial charge in [0.1, 0.15) is 11.5 Å². The van der Waals surface area contributed by atoms with Crippen molar-refractivity contribution in [2.24, 2.45) is 0 Å². The normalized spacial score (nSPS) is 10.7. The molecule has 0 unspecified atom stereocenters. The van der Waals surface area contributed by atoms with Crippen molar-refractivity contribution in [1.82, 2.24) is 0 Å². The average Bonchev–Trinajstić information content (AvgIpc) is 2.93. The summed E-state index contributed by atoms with van der Waals surface area (Å²) in [6, 6.07) is 3.50. The van der Waals surface area contributed by atoms with Crippen LogP contribution in [0.25, 0.3) is 0 Å². The van der Waals surface area contributed by atoms with E-state index in [4.69, 9.17) is 9.15 Å². The van der Waals surface area contributed by atoms with Crippen molar-refractivity contribution >= 4 is 11.6 Å². The number of rotatable bonds is 11. The molecular weight excluding hydrogens is 256 g/mol. The Bertz CT molecular complexity index is 420. The van der Waals surface area contributed by atoms with Gasteiger partial charge < -0.3 is 9.15 Å². The lowest BCUT2D eigenvalue weighted by Gasteiger charge is -2.01. The Morgan fingerprint density at radius 2 is 1.90 bits per heavy atom. The Hall–Kier alpha value is -1.42. The van der Waals surface area contributed by atoms with Crippen LogP contribution in [0.3, 0.4) is 0 Å². The van der Waals surface area contributed by atoms with Gasteiger partial charge in [-0.15, -0.1) is 0 Å². The van der Waals surface area contributed by atoms with Crippen molar-refractivity contribution in [3.63, 3.8) is 0 Å². The first kappa shape index (κ1) is 16.6. The van der Waals surface area contributed by atoms with Gasteiger partial charge in [0, 0.05) is 39.4 Å². The van der Waals surface area contributed by atoms with Crippen molar-refractivity contribution in [3.8, 4) is 0 Å². The van der Waals surface area contributed by atoms with Gasteiger partial charge in [-0.05, 0) is 25.0 Å². The Kier molecular flexibility index (Phi) is 7.88. The highest BCUT2D eigenvalue weighted by atomic mass is 16.5. The highest BCUT2D eigenvalue weighted by molar-refractivity contribution is 5.95. The quantitative estimate of drug-likeness (QED) is 0.459. The Morgan fingerprint density at radius 3 is 2.55 bits per heavy atom. The van der Waals surface area contributed by atoms with Gasteiger partial charge in [0.05, 0.1) is 0 Å².